The van der Waals surface area contributed by atoms with Gasteiger partial charge in [-0.2, -0.15) is 10.1 Å². The van der Waals surface area contributed by atoms with Gasteiger partial charge in [-0.3, -0.25) is 9.78 Å². The molecule has 3 aromatic rings. The van der Waals surface area contributed by atoms with Crippen molar-refractivity contribution in [3.05, 3.63) is 36.9 Å². The van der Waals surface area contributed by atoms with Gasteiger partial charge in [0.15, 0.2) is 5.65 Å². The van der Waals surface area contributed by atoms with E-state index in [9.17, 15) is 4.79 Å². The van der Waals surface area contributed by atoms with Crippen LogP contribution in [-0.4, -0.2) is 74.8 Å². The normalized spacial score (nSPS) is 18.0. The maximum Gasteiger partial charge on any atom is 0.244 e. The zero-order chi connectivity index (χ0) is 21.2. The topological polar surface area (TPSA) is 83.3 Å². The molecular weight excluding hydrogens is 392 g/mol. The Bertz CT molecular complexity index is 1040. The number of nitrogens with zero attached hydrogens (tertiary/aromatic N) is 8. The zero-order valence-corrected chi connectivity index (χ0v) is 17.9. The quantitative estimate of drug-likeness (QED) is 0.636. The third-order valence-electron chi connectivity index (χ3n) is 6.36. The number of hydrogen-bond donors (Lipinski definition) is 0. The molecular formula is C22H28N8O. The van der Waals surface area contributed by atoms with Crippen molar-refractivity contribution in [2.45, 2.75) is 26.3 Å². The van der Waals surface area contributed by atoms with Gasteiger partial charge in [-0.1, -0.05) is 6.92 Å². The molecule has 0 radical (unpaired) electrons. The first-order valence-corrected chi connectivity index (χ1v) is 11.0. The lowest BCUT2D eigenvalue weighted by molar-refractivity contribution is -0.132. The summed E-state index contributed by atoms with van der Waals surface area (Å²) in [5.74, 6) is 1.56. The van der Waals surface area contributed by atoms with Gasteiger partial charge in [-0.05, 0) is 30.9 Å². The Morgan fingerprint density at radius 3 is 2.58 bits per heavy atom. The van der Waals surface area contributed by atoms with Crippen molar-refractivity contribution in [3.8, 4) is 0 Å². The molecule has 31 heavy (non-hydrogen) atoms. The average molecular weight is 421 g/mol. The molecule has 9 nitrogen and oxygen atoms in total. The van der Waals surface area contributed by atoms with Crippen LogP contribution < -0.4 is 9.80 Å². The van der Waals surface area contributed by atoms with Crippen molar-refractivity contribution in [1.82, 2.24) is 29.6 Å². The Hall–Kier alpha value is -3.23. The highest BCUT2D eigenvalue weighted by atomic mass is 16.2. The molecule has 5 heterocycles. The van der Waals surface area contributed by atoms with E-state index < -0.39 is 0 Å². The smallest absolute Gasteiger partial charge is 0.244 e. The summed E-state index contributed by atoms with van der Waals surface area (Å²) in [6.07, 6.45) is 9.52. The number of hydrogen-bond acceptors (Lipinski definition) is 7. The van der Waals surface area contributed by atoms with Crippen LogP contribution in [0.15, 0.2) is 36.9 Å². The summed E-state index contributed by atoms with van der Waals surface area (Å²) in [5.41, 5.74) is 1.83. The van der Waals surface area contributed by atoms with E-state index in [1.165, 1.54) is 0 Å². The van der Waals surface area contributed by atoms with E-state index >= 15 is 0 Å². The molecule has 5 rings (SSSR count). The first-order valence-electron chi connectivity index (χ1n) is 11.0. The van der Waals surface area contributed by atoms with E-state index in [0.29, 0.717) is 13.1 Å². The molecule has 0 bridgehead atoms. The summed E-state index contributed by atoms with van der Waals surface area (Å²) in [4.78, 5) is 32.8. The van der Waals surface area contributed by atoms with Crippen LogP contribution in [0.5, 0.6) is 0 Å². The summed E-state index contributed by atoms with van der Waals surface area (Å²) >= 11 is 0. The van der Waals surface area contributed by atoms with Crippen LogP contribution in [0.2, 0.25) is 0 Å². The Morgan fingerprint density at radius 1 is 1.03 bits per heavy atom. The Labute approximate surface area is 181 Å². The highest BCUT2D eigenvalue weighted by Crippen LogP contribution is 2.22. The fourth-order valence-corrected chi connectivity index (χ4v) is 4.32. The van der Waals surface area contributed by atoms with Crippen LogP contribution in [0.3, 0.4) is 0 Å². The van der Waals surface area contributed by atoms with Crippen LogP contribution in [0.25, 0.3) is 11.0 Å². The zero-order valence-electron chi connectivity index (χ0n) is 17.9. The van der Waals surface area contributed by atoms with Crippen molar-refractivity contribution < 1.29 is 4.79 Å². The van der Waals surface area contributed by atoms with E-state index in [0.717, 1.165) is 67.6 Å². The Morgan fingerprint density at radius 2 is 1.84 bits per heavy atom. The van der Waals surface area contributed by atoms with Crippen LogP contribution in [-0.2, 0) is 11.3 Å². The van der Waals surface area contributed by atoms with Gasteiger partial charge >= 0.3 is 0 Å². The third kappa shape index (κ3) is 4.17. The number of pyridine rings is 1. The molecule has 9 heteroatoms. The Balaban J connectivity index is 1.25. The monoisotopic (exact) mass is 420 g/mol. The van der Waals surface area contributed by atoms with Gasteiger partial charge in [-0.25, -0.2) is 9.67 Å². The standard InChI is InChI=1S/C22H28N8O/c1-17-4-7-29(8-5-17)22-24-13-18-14-25-30(21(18)26-22)16-20(31)28-11-9-27(10-12-28)19-3-2-6-23-15-19/h2-3,6,13-15,17H,4-5,7-12,16H2,1H3. The van der Waals surface area contributed by atoms with Gasteiger partial charge in [0.2, 0.25) is 11.9 Å². The van der Waals surface area contributed by atoms with E-state index in [2.05, 4.69) is 37.9 Å². The number of amides is 1. The Kier molecular flexibility index (Phi) is 5.40. The van der Waals surface area contributed by atoms with Crippen LogP contribution in [0.1, 0.15) is 19.8 Å². The number of rotatable bonds is 4. The summed E-state index contributed by atoms with van der Waals surface area (Å²) < 4.78 is 1.71. The second-order valence-corrected chi connectivity index (χ2v) is 8.50. The molecule has 162 valence electrons. The van der Waals surface area contributed by atoms with Crippen molar-refractivity contribution in [1.29, 1.82) is 0 Å². The molecule has 0 aliphatic carbocycles. The summed E-state index contributed by atoms with van der Waals surface area (Å²) in [6.45, 7) is 7.43. The number of carbonyl (C=O) groups excluding carboxylic acids is 1. The van der Waals surface area contributed by atoms with Gasteiger partial charge < -0.3 is 14.7 Å². The summed E-state index contributed by atoms with van der Waals surface area (Å²) in [5, 5.41) is 5.28. The van der Waals surface area contributed by atoms with Crippen molar-refractivity contribution in [2.75, 3.05) is 49.1 Å². The van der Waals surface area contributed by atoms with Crippen molar-refractivity contribution in [3.63, 3.8) is 0 Å². The molecule has 0 spiro atoms. The van der Waals surface area contributed by atoms with Crippen molar-refractivity contribution in [2.24, 2.45) is 5.92 Å². The summed E-state index contributed by atoms with van der Waals surface area (Å²) in [6, 6.07) is 4.00. The highest BCUT2D eigenvalue weighted by Gasteiger charge is 2.23. The molecule has 3 aromatic heterocycles. The molecule has 2 fully saturated rings. The fourth-order valence-electron chi connectivity index (χ4n) is 4.32. The van der Waals surface area contributed by atoms with Crippen LogP contribution in [0.4, 0.5) is 11.6 Å². The highest BCUT2D eigenvalue weighted by molar-refractivity contribution is 5.80. The minimum absolute atomic E-state index is 0.0720. The minimum atomic E-state index is 0.0720. The largest absolute Gasteiger partial charge is 0.367 e. The number of fused-ring (bicyclic) bond motifs is 1. The maximum absolute atomic E-state index is 13.0. The predicted octanol–water partition coefficient (Wildman–Crippen LogP) is 1.81. The molecule has 0 atom stereocenters. The second kappa shape index (κ2) is 8.49. The average Bonchev–Trinajstić information content (AvgIpc) is 3.22. The van der Waals surface area contributed by atoms with Crippen molar-refractivity contribution >= 4 is 28.6 Å². The molecule has 0 aromatic carbocycles. The molecule has 1 amide bonds. The summed E-state index contributed by atoms with van der Waals surface area (Å²) in [7, 11) is 0. The number of piperazine rings is 1. The first kappa shape index (κ1) is 19.7. The number of anilines is 2. The predicted molar refractivity (Wildman–Crippen MR) is 119 cm³/mol. The fraction of sp³-hybridized carbons (Fsp3) is 0.500. The molecule has 0 unspecified atom stereocenters. The lowest BCUT2D eigenvalue weighted by Crippen LogP contribution is -2.49. The van der Waals surface area contributed by atoms with Gasteiger partial charge in [0.1, 0.15) is 6.54 Å². The second-order valence-electron chi connectivity index (χ2n) is 8.50. The minimum Gasteiger partial charge on any atom is -0.367 e. The van der Waals surface area contributed by atoms with Gasteiger partial charge in [0, 0.05) is 51.7 Å². The number of carbonyl (C=O) groups is 1. The lowest BCUT2D eigenvalue weighted by atomic mass is 10.00. The number of piperidine rings is 1. The van der Waals surface area contributed by atoms with E-state index in [4.69, 9.17) is 4.98 Å². The van der Waals surface area contributed by atoms with Gasteiger partial charge in [0.25, 0.3) is 0 Å². The van der Waals surface area contributed by atoms with Crippen LogP contribution >= 0.6 is 0 Å². The lowest BCUT2D eigenvalue weighted by Gasteiger charge is -2.35. The van der Waals surface area contributed by atoms with E-state index in [-0.39, 0.29) is 12.5 Å². The SMILES string of the molecule is CC1CCN(c2ncc3cnn(CC(=O)N4CCN(c5cccnc5)CC4)c3n2)CC1. The molecule has 0 saturated carbocycles. The van der Waals surface area contributed by atoms with E-state index in [1.54, 1.807) is 17.1 Å². The third-order valence-corrected chi connectivity index (χ3v) is 6.36. The van der Waals surface area contributed by atoms with E-state index in [1.807, 2.05) is 23.4 Å². The van der Waals surface area contributed by atoms with Crippen LogP contribution in [0, 0.1) is 5.92 Å². The molecule has 2 aliphatic rings. The first-order chi connectivity index (χ1) is 15.2. The van der Waals surface area contributed by atoms with Gasteiger partial charge in [0.05, 0.1) is 23.5 Å². The number of aromatic nitrogens is 5. The van der Waals surface area contributed by atoms with Gasteiger partial charge in [-0.15, -0.1) is 0 Å². The molecule has 0 N–H and O–H groups in total. The molecule has 2 saturated heterocycles. The maximum atomic E-state index is 13.0. The molecule has 2 aliphatic heterocycles.